The van der Waals surface area contributed by atoms with Crippen molar-refractivity contribution in [2.75, 3.05) is 26.8 Å². The molecular weight excluding hydrogens is 513 g/mol. The summed E-state index contributed by atoms with van der Waals surface area (Å²) in [5, 5.41) is 6.51. The number of aromatic nitrogens is 4. The Balaban J connectivity index is 1.36. The maximum atomic E-state index is 13.9. The van der Waals surface area contributed by atoms with Crippen LogP contribution in [0.5, 0.6) is 5.88 Å². The summed E-state index contributed by atoms with van der Waals surface area (Å²) in [6, 6.07) is 16.6. The zero-order valence-corrected chi connectivity index (χ0v) is 22.6. The molecule has 4 aromatic rings. The standard InChI is InChI=1S/C30H32FN5O4/c1-21-27(36(25-8-4-3-5-9-25)34-30(21)39-20-22-7-6-11-32-18-22)17-26(37)15-24-19-35(13-14-38-2)40-29(24)23-10-12-33-28(31)16-23/h3-12,16,18,24,29H,13-15,17,19-20H2,1-2H3/t24-,29+/m1/s1. The first kappa shape index (κ1) is 27.6. The molecule has 40 heavy (non-hydrogen) atoms. The van der Waals surface area contributed by atoms with Gasteiger partial charge in [0.1, 0.15) is 18.5 Å². The molecule has 1 fully saturated rings. The van der Waals surface area contributed by atoms with Crippen LogP contribution in [0.1, 0.15) is 34.9 Å². The minimum atomic E-state index is -0.581. The summed E-state index contributed by atoms with van der Waals surface area (Å²) in [5.41, 5.74) is 3.98. The number of carbonyl (C=O) groups excluding carboxylic acids is 1. The quantitative estimate of drug-likeness (QED) is 0.241. The number of halogens is 1. The molecule has 0 bridgehead atoms. The highest BCUT2D eigenvalue weighted by molar-refractivity contribution is 5.81. The van der Waals surface area contributed by atoms with E-state index in [9.17, 15) is 9.18 Å². The van der Waals surface area contributed by atoms with Gasteiger partial charge in [0.25, 0.3) is 0 Å². The van der Waals surface area contributed by atoms with Crippen molar-refractivity contribution < 1.29 is 23.5 Å². The number of hydroxylamine groups is 2. The van der Waals surface area contributed by atoms with Gasteiger partial charge in [-0.1, -0.05) is 24.3 Å². The number of para-hydroxylation sites is 1. The van der Waals surface area contributed by atoms with Crippen molar-refractivity contribution in [3.8, 4) is 11.6 Å². The second-order valence-electron chi connectivity index (χ2n) is 9.77. The molecule has 0 amide bonds. The minimum Gasteiger partial charge on any atom is -0.471 e. The number of ether oxygens (including phenoxy) is 2. The monoisotopic (exact) mass is 545 g/mol. The van der Waals surface area contributed by atoms with E-state index in [1.165, 1.54) is 12.3 Å². The average Bonchev–Trinajstić information content (AvgIpc) is 3.52. The van der Waals surface area contributed by atoms with Gasteiger partial charge in [0.2, 0.25) is 11.8 Å². The Morgan fingerprint density at radius 1 is 1.15 bits per heavy atom. The third kappa shape index (κ3) is 6.59. The largest absolute Gasteiger partial charge is 0.471 e. The Labute approximate surface area is 232 Å². The van der Waals surface area contributed by atoms with Gasteiger partial charge in [-0.05, 0) is 42.8 Å². The highest BCUT2D eigenvalue weighted by Gasteiger charge is 2.37. The van der Waals surface area contributed by atoms with Crippen LogP contribution in [-0.4, -0.2) is 57.4 Å². The number of methoxy groups -OCH3 is 1. The highest BCUT2D eigenvalue weighted by atomic mass is 19.1. The summed E-state index contributed by atoms with van der Waals surface area (Å²) in [6.45, 7) is 3.79. The molecule has 208 valence electrons. The van der Waals surface area contributed by atoms with Gasteiger partial charge >= 0.3 is 0 Å². The second kappa shape index (κ2) is 12.9. The summed E-state index contributed by atoms with van der Waals surface area (Å²) in [6.07, 6.45) is 4.83. The number of pyridine rings is 2. The van der Waals surface area contributed by atoms with Gasteiger partial charge in [-0.15, -0.1) is 5.10 Å². The summed E-state index contributed by atoms with van der Waals surface area (Å²) in [4.78, 5) is 27.5. The Morgan fingerprint density at radius 2 is 2.00 bits per heavy atom. The lowest BCUT2D eigenvalue weighted by Gasteiger charge is -2.17. The van der Waals surface area contributed by atoms with Crippen LogP contribution in [-0.2, 0) is 27.4 Å². The Hall–Kier alpha value is -3.99. The Bertz CT molecular complexity index is 1420. The second-order valence-corrected chi connectivity index (χ2v) is 9.77. The first-order valence-corrected chi connectivity index (χ1v) is 13.2. The van der Waals surface area contributed by atoms with Crippen molar-refractivity contribution in [3.63, 3.8) is 0 Å². The molecule has 4 heterocycles. The molecule has 10 heteroatoms. The van der Waals surface area contributed by atoms with E-state index in [0.29, 0.717) is 37.7 Å². The van der Waals surface area contributed by atoms with Crippen molar-refractivity contribution in [2.45, 2.75) is 32.5 Å². The van der Waals surface area contributed by atoms with E-state index in [2.05, 4.69) is 9.97 Å². The van der Waals surface area contributed by atoms with Gasteiger partial charge < -0.3 is 9.47 Å². The zero-order valence-electron chi connectivity index (χ0n) is 22.6. The number of ketones is 1. The molecule has 1 aromatic carbocycles. The molecular formula is C30H32FN5O4. The molecule has 0 spiro atoms. The number of carbonyl (C=O) groups is 1. The molecule has 1 saturated heterocycles. The lowest BCUT2D eigenvalue weighted by molar-refractivity contribution is -0.155. The van der Waals surface area contributed by atoms with Crippen molar-refractivity contribution in [1.29, 1.82) is 0 Å². The van der Waals surface area contributed by atoms with E-state index in [1.54, 1.807) is 35.3 Å². The summed E-state index contributed by atoms with van der Waals surface area (Å²) in [7, 11) is 1.62. The van der Waals surface area contributed by atoms with Gasteiger partial charge in [0.05, 0.1) is 18.0 Å². The number of hydrogen-bond acceptors (Lipinski definition) is 8. The van der Waals surface area contributed by atoms with Crippen LogP contribution >= 0.6 is 0 Å². The van der Waals surface area contributed by atoms with Crippen LogP contribution in [0.2, 0.25) is 0 Å². The lowest BCUT2D eigenvalue weighted by atomic mass is 9.91. The van der Waals surface area contributed by atoms with E-state index in [0.717, 1.165) is 22.5 Å². The van der Waals surface area contributed by atoms with Crippen molar-refractivity contribution in [3.05, 3.63) is 102 Å². The molecule has 0 unspecified atom stereocenters. The molecule has 0 radical (unpaired) electrons. The number of hydrogen-bond donors (Lipinski definition) is 0. The fourth-order valence-corrected chi connectivity index (χ4v) is 4.91. The predicted molar refractivity (Wildman–Crippen MR) is 145 cm³/mol. The fraction of sp³-hybridized carbons (Fsp3) is 0.333. The molecule has 0 N–H and O–H groups in total. The molecule has 9 nitrogen and oxygen atoms in total. The van der Waals surface area contributed by atoms with Crippen LogP contribution in [0.25, 0.3) is 5.69 Å². The van der Waals surface area contributed by atoms with Crippen molar-refractivity contribution >= 4 is 5.78 Å². The van der Waals surface area contributed by atoms with E-state index in [1.807, 2.05) is 49.4 Å². The van der Waals surface area contributed by atoms with E-state index >= 15 is 0 Å². The summed E-state index contributed by atoms with van der Waals surface area (Å²) in [5.74, 6) is -0.250. The fourth-order valence-electron chi connectivity index (χ4n) is 4.91. The van der Waals surface area contributed by atoms with Crippen LogP contribution in [0.4, 0.5) is 4.39 Å². The van der Waals surface area contributed by atoms with Crippen LogP contribution in [0.15, 0.2) is 73.2 Å². The van der Waals surface area contributed by atoms with Gasteiger partial charge in [-0.3, -0.25) is 14.6 Å². The minimum absolute atomic E-state index is 0.0284. The number of rotatable bonds is 12. The first-order valence-electron chi connectivity index (χ1n) is 13.2. The number of nitrogens with zero attached hydrogens (tertiary/aromatic N) is 5. The van der Waals surface area contributed by atoms with Crippen LogP contribution < -0.4 is 4.74 Å². The predicted octanol–water partition coefficient (Wildman–Crippen LogP) is 4.44. The average molecular weight is 546 g/mol. The van der Waals surface area contributed by atoms with E-state index in [-0.39, 0.29) is 24.5 Å². The Morgan fingerprint density at radius 3 is 2.75 bits per heavy atom. The number of Topliss-reactive ketones (excluding diaryl/α,β-unsaturated/α-hetero) is 1. The third-order valence-corrected chi connectivity index (χ3v) is 6.91. The van der Waals surface area contributed by atoms with Gasteiger partial charge in [0.15, 0.2) is 0 Å². The van der Waals surface area contributed by atoms with E-state index < -0.39 is 12.1 Å². The molecule has 1 aliphatic rings. The van der Waals surface area contributed by atoms with Crippen molar-refractivity contribution in [1.82, 2.24) is 24.8 Å². The highest BCUT2D eigenvalue weighted by Crippen LogP contribution is 2.37. The van der Waals surface area contributed by atoms with Gasteiger partial charge in [-0.25, -0.2) is 9.67 Å². The molecule has 3 aromatic heterocycles. The maximum absolute atomic E-state index is 13.9. The summed E-state index contributed by atoms with van der Waals surface area (Å²) >= 11 is 0. The first-order chi connectivity index (χ1) is 19.5. The molecule has 2 atom stereocenters. The Kier molecular flexibility index (Phi) is 8.90. The topological polar surface area (TPSA) is 91.6 Å². The van der Waals surface area contributed by atoms with Crippen molar-refractivity contribution in [2.24, 2.45) is 5.92 Å². The van der Waals surface area contributed by atoms with E-state index in [4.69, 9.17) is 19.4 Å². The molecule has 1 aliphatic heterocycles. The third-order valence-electron chi connectivity index (χ3n) is 6.91. The molecule has 5 rings (SSSR count). The van der Waals surface area contributed by atoms with Crippen LogP contribution in [0, 0.1) is 18.8 Å². The zero-order chi connectivity index (χ0) is 27.9. The molecule has 0 aliphatic carbocycles. The molecule has 0 saturated carbocycles. The van der Waals surface area contributed by atoms with Gasteiger partial charge in [0, 0.05) is 68.7 Å². The van der Waals surface area contributed by atoms with Gasteiger partial charge in [-0.2, -0.15) is 9.45 Å². The number of benzene rings is 1. The maximum Gasteiger partial charge on any atom is 0.236 e. The van der Waals surface area contributed by atoms with Crippen LogP contribution in [0.3, 0.4) is 0 Å². The smallest absolute Gasteiger partial charge is 0.236 e. The lowest BCUT2D eigenvalue weighted by Crippen LogP contribution is -2.24. The normalized spacial score (nSPS) is 17.3. The summed E-state index contributed by atoms with van der Waals surface area (Å²) < 4.78 is 27.0. The SMILES string of the molecule is COCCN1C[C@@H](CC(=O)Cc2c(C)c(OCc3cccnc3)nn2-c2ccccc2)[C@H](c2ccnc(F)c2)O1.